The Balaban J connectivity index is 1.60. The van der Waals surface area contributed by atoms with Crippen LogP contribution < -0.4 is 5.46 Å². The molecule has 1 heterocycles. The quantitative estimate of drug-likeness (QED) is 0.251. The second-order valence-corrected chi connectivity index (χ2v) is 14.0. The molecule has 2 nitrogen and oxygen atoms in total. The molecule has 0 N–H and O–H groups in total. The summed E-state index contributed by atoms with van der Waals surface area (Å²) in [5, 5.41) is 0. The maximum absolute atomic E-state index is 6.61. The van der Waals surface area contributed by atoms with Crippen molar-refractivity contribution in [2.45, 2.75) is 57.5 Å². The van der Waals surface area contributed by atoms with Crippen LogP contribution >= 0.6 is 0 Å². The Hall–Kier alpha value is -2.92. The first-order valence-corrected chi connectivity index (χ1v) is 15.7. The van der Waals surface area contributed by atoms with Crippen LogP contribution in [0.1, 0.15) is 44.4 Å². The molecule has 1 saturated heterocycles. The van der Waals surface area contributed by atoms with Crippen molar-refractivity contribution in [2.75, 3.05) is 0 Å². The summed E-state index contributed by atoms with van der Waals surface area (Å²) in [4.78, 5) is 0. The third-order valence-electron chi connectivity index (χ3n) is 7.94. The SMILES string of the molecule is C[Si](C)C(c1ccc(-c2ccccc2)cc1)c1ccc(-c2ccccc2)cc1B1OC(C)(C)C(C)(C)O1. The van der Waals surface area contributed by atoms with Crippen molar-refractivity contribution < 1.29 is 9.31 Å². The average Bonchev–Trinajstić information content (AvgIpc) is 3.12. The third kappa shape index (κ3) is 5.11. The van der Waals surface area contributed by atoms with Crippen LogP contribution in [0.2, 0.25) is 13.1 Å². The van der Waals surface area contributed by atoms with Gasteiger partial charge in [0.05, 0.1) is 20.0 Å². The lowest BCUT2D eigenvalue weighted by Gasteiger charge is -2.32. The second-order valence-electron chi connectivity index (χ2n) is 11.3. The highest BCUT2D eigenvalue weighted by molar-refractivity contribution is 6.64. The molecular weight excluding hydrogens is 467 g/mol. The van der Waals surface area contributed by atoms with Gasteiger partial charge in [-0.05, 0) is 66.5 Å². The molecule has 1 atom stereocenters. The number of benzene rings is 4. The van der Waals surface area contributed by atoms with Crippen LogP contribution in [-0.2, 0) is 9.31 Å². The van der Waals surface area contributed by atoms with E-state index in [9.17, 15) is 0 Å². The smallest absolute Gasteiger partial charge is 0.399 e. The van der Waals surface area contributed by atoms with Crippen molar-refractivity contribution in [1.29, 1.82) is 0 Å². The van der Waals surface area contributed by atoms with E-state index in [0.717, 1.165) is 5.46 Å². The van der Waals surface area contributed by atoms with Gasteiger partial charge in [-0.1, -0.05) is 116 Å². The van der Waals surface area contributed by atoms with E-state index in [2.05, 4.69) is 144 Å². The molecule has 0 spiro atoms. The summed E-state index contributed by atoms with van der Waals surface area (Å²) in [5.74, 6) is 0. The minimum atomic E-state index is -0.750. The van der Waals surface area contributed by atoms with Gasteiger partial charge in [-0.3, -0.25) is 0 Å². The zero-order valence-corrected chi connectivity index (χ0v) is 23.8. The van der Waals surface area contributed by atoms with Crippen LogP contribution in [0.3, 0.4) is 0 Å². The van der Waals surface area contributed by atoms with Gasteiger partial charge in [0.15, 0.2) is 0 Å². The van der Waals surface area contributed by atoms with E-state index in [4.69, 9.17) is 9.31 Å². The van der Waals surface area contributed by atoms with Gasteiger partial charge >= 0.3 is 7.12 Å². The lowest BCUT2D eigenvalue weighted by molar-refractivity contribution is 0.00578. The standard InChI is InChI=1S/C33H36BO2Si/c1-32(2)33(3,4)36-34(35-32)30-23-28(25-15-11-8-12-16-25)21-22-29(30)31(37(5)6)27-19-17-26(18-20-27)24-13-9-7-10-14-24/h7-23,31H,1-6H3. The predicted molar refractivity (Wildman–Crippen MR) is 159 cm³/mol. The van der Waals surface area contributed by atoms with Crippen molar-refractivity contribution >= 4 is 21.4 Å². The first kappa shape index (κ1) is 25.7. The summed E-state index contributed by atoms with van der Waals surface area (Å²) in [6, 6.07) is 37.2. The zero-order chi connectivity index (χ0) is 26.2. The average molecular weight is 504 g/mol. The highest BCUT2D eigenvalue weighted by Gasteiger charge is 2.52. The van der Waals surface area contributed by atoms with Gasteiger partial charge < -0.3 is 9.31 Å². The second kappa shape index (κ2) is 10.1. The Morgan fingerprint density at radius 3 is 1.57 bits per heavy atom. The highest BCUT2D eigenvalue weighted by Crippen LogP contribution is 2.38. The van der Waals surface area contributed by atoms with Gasteiger partial charge in [-0.2, -0.15) is 0 Å². The van der Waals surface area contributed by atoms with Crippen molar-refractivity contribution in [2.24, 2.45) is 0 Å². The van der Waals surface area contributed by atoms with Crippen molar-refractivity contribution in [3.63, 3.8) is 0 Å². The predicted octanol–water partition coefficient (Wildman–Crippen LogP) is 7.75. The fraction of sp³-hybridized carbons (Fsp3) is 0.273. The molecule has 1 fully saturated rings. The van der Waals surface area contributed by atoms with E-state index in [1.807, 2.05) is 0 Å². The van der Waals surface area contributed by atoms with Crippen LogP contribution in [0.15, 0.2) is 103 Å². The largest absolute Gasteiger partial charge is 0.495 e. The van der Waals surface area contributed by atoms with Gasteiger partial charge in [0.2, 0.25) is 0 Å². The maximum Gasteiger partial charge on any atom is 0.495 e. The zero-order valence-electron chi connectivity index (χ0n) is 22.8. The van der Waals surface area contributed by atoms with Gasteiger partial charge in [0.25, 0.3) is 0 Å². The molecule has 1 unspecified atom stereocenters. The van der Waals surface area contributed by atoms with Crippen molar-refractivity contribution in [3.05, 3.63) is 114 Å². The van der Waals surface area contributed by atoms with Crippen LogP contribution in [0, 0.1) is 0 Å². The van der Waals surface area contributed by atoms with E-state index in [1.165, 1.54) is 33.4 Å². The lowest BCUT2D eigenvalue weighted by Crippen LogP contribution is -2.41. The Morgan fingerprint density at radius 1 is 0.595 bits per heavy atom. The Morgan fingerprint density at radius 2 is 1.05 bits per heavy atom. The van der Waals surface area contributed by atoms with Gasteiger partial charge in [0.1, 0.15) is 0 Å². The first-order chi connectivity index (χ1) is 17.7. The summed E-state index contributed by atoms with van der Waals surface area (Å²) in [6.07, 6.45) is 0. The van der Waals surface area contributed by atoms with E-state index < -0.39 is 27.1 Å². The molecule has 37 heavy (non-hydrogen) atoms. The van der Waals surface area contributed by atoms with Crippen molar-refractivity contribution in [1.82, 2.24) is 0 Å². The molecule has 187 valence electrons. The molecule has 0 bridgehead atoms. The van der Waals surface area contributed by atoms with Gasteiger partial charge in [-0.15, -0.1) is 0 Å². The minimum absolute atomic E-state index is 0.314. The molecule has 0 saturated carbocycles. The summed E-state index contributed by atoms with van der Waals surface area (Å²) in [5.41, 5.74) is 8.21. The van der Waals surface area contributed by atoms with Gasteiger partial charge in [-0.25, -0.2) is 0 Å². The Labute approximate surface area is 224 Å². The van der Waals surface area contributed by atoms with Crippen LogP contribution in [0.5, 0.6) is 0 Å². The molecule has 1 aliphatic heterocycles. The lowest BCUT2D eigenvalue weighted by atomic mass is 9.73. The molecule has 1 radical (unpaired) electrons. The molecule has 0 aromatic heterocycles. The van der Waals surface area contributed by atoms with E-state index in [-0.39, 0.29) is 0 Å². The summed E-state index contributed by atoms with van der Waals surface area (Å²) < 4.78 is 13.2. The molecule has 1 aliphatic rings. The molecular formula is C33H36BO2Si. The summed E-state index contributed by atoms with van der Waals surface area (Å²) in [7, 11) is -1.16. The fourth-order valence-electron chi connectivity index (χ4n) is 5.14. The van der Waals surface area contributed by atoms with Crippen LogP contribution in [-0.4, -0.2) is 27.1 Å². The topological polar surface area (TPSA) is 18.5 Å². The summed E-state index contributed by atoms with van der Waals surface area (Å²) >= 11 is 0. The van der Waals surface area contributed by atoms with Crippen LogP contribution in [0.25, 0.3) is 22.3 Å². The minimum Gasteiger partial charge on any atom is -0.399 e. The van der Waals surface area contributed by atoms with E-state index in [1.54, 1.807) is 0 Å². The fourth-order valence-corrected chi connectivity index (χ4v) is 6.89. The van der Waals surface area contributed by atoms with Crippen molar-refractivity contribution in [3.8, 4) is 22.3 Å². The number of hydrogen-bond acceptors (Lipinski definition) is 2. The van der Waals surface area contributed by atoms with E-state index >= 15 is 0 Å². The van der Waals surface area contributed by atoms with Crippen LogP contribution in [0.4, 0.5) is 0 Å². The monoisotopic (exact) mass is 503 g/mol. The Kier molecular flexibility index (Phi) is 7.02. The Bertz CT molecular complexity index is 1330. The van der Waals surface area contributed by atoms with Gasteiger partial charge in [0, 0.05) is 5.54 Å². The highest BCUT2D eigenvalue weighted by atomic mass is 28.3. The molecule has 4 heteroatoms. The molecule has 4 aromatic rings. The molecule has 0 amide bonds. The van der Waals surface area contributed by atoms with E-state index in [0.29, 0.717) is 5.54 Å². The first-order valence-electron chi connectivity index (χ1n) is 13.2. The molecule has 4 aromatic carbocycles. The molecule has 5 rings (SSSR count). The normalized spacial score (nSPS) is 17.2. The maximum atomic E-state index is 6.61. The summed E-state index contributed by atoms with van der Waals surface area (Å²) in [6.45, 7) is 13.3. The number of hydrogen-bond donors (Lipinski definition) is 0. The number of rotatable bonds is 6. The molecule has 0 aliphatic carbocycles. The third-order valence-corrected chi connectivity index (χ3v) is 9.74.